The van der Waals surface area contributed by atoms with E-state index in [2.05, 4.69) is 10.6 Å². The molecule has 0 aliphatic carbocycles. The van der Waals surface area contributed by atoms with Gasteiger partial charge in [0.2, 0.25) is 11.8 Å². The van der Waals surface area contributed by atoms with E-state index in [0.29, 0.717) is 17.9 Å². The van der Waals surface area contributed by atoms with Crippen LogP contribution in [0, 0.1) is 5.92 Å². The van der Waals surface area contributed by atoms with E-state index in [1.165, 1.54) is 0 Å². The van der Waals surface area contributed by atoms with Crippen LogP contribution in [0.5, 0.6) is 5.75 Å². The van der Waals surface area contributed by atoms with Crippen molar-refractivity contribution in [2.24, 2.45) is 5.92 Å². The second kappa shape index (κ2) is 11.5. The van der Waals surface area contributed by atoms with Crippen LogP contribution in [0.2, 0.25) is 0 Å². The molecule has 1 fully saturated rings. The molecule has 7 nitrogen and oxygen atoms in total. The van der Waals surface area contributed by atoms with Crippen LogP contribution in [-0.2, 0) is 9.59 Å². The lowest BCUT2D eigenvalue weighted by atomic mass is 10.1. The van der Waals surface area contributed by atoms with Gasteiger partial charge < -0.3 is 20.3 Å². The molecule has 0 radical (unpaired) electrons. The molecule has 0 bridgehead atoms. The van der Waals surface area contributed by atoms with E-state index in [0.717, 1.165) is 23.4 Å². The lowest BCUT2D eigenvalue weighted by Gasteiger charge is -2.18. The second-order valence-electron chi connectivity index (χ2n) is 8.89. The molecule has 186 valence electrons. The Hall–Kier alpha value is -4.13. The highest BCUT2D eigenvalue weighted by molar-refractivity contribution is 6.07. The molecule has 1 saturated heterocycles. The van der Waals surface area contributed by atoms with Crippen molar-refractivity contribution >= 4 is 29.1 Å². The summed E-state index contributed by atoms with van der Waals surface area (Å²) in [5.41, 5.74) is 2.51. The van der Waals surface area contributed by atoms with E-state index < -0.39 is 5.92 Å². The fraction of sp³-hybridized carbons (Fsp3) is 0.276. The van der Waals surface area contributed by atoms with Gasteiger partial charge in [-0.2, -0.15) is 0 Å². The number of amides is 3. The number of ether oxygens (including phenoxy) is 1. The van der Waals surface area contributed by atoms with Crippen LogP contribution in [0.1, 0.15) is 48.7 Å². The summed E-state index contributed by atoms with van der Waals surface area (Å²) in [6.45, 7) is 4.86. The third-order valence-electron chi connectivity index (χ3n) is 6.19. The molecular formula is C29H31N3O4. The fourth-order valence-electron chi connectivity index (χ4n) is 4.20. The smallest absolute Gasteiger partial charge is 0.253 e. The van der Waals surface area contributed by atoms with Crippen molar-refractivity contribution in [3.63, 3.8) is 0 Å². The topological polar surface area (TPSA) is 87.7 Å². The summed E-state index contributed by atoms with van der Waals surface area (Å²) in [5.74, 6) is -0.451. The molecule has 3 amide bonds. The van der Waals surface area contributed by atoms with Crippen LogP contribution in [0.25, 0.3) is 0 Å². The molecule has 1 aliphatic heterocycles. The predicted molar refractivity (Wildman–Crippen MR) is 140 cm³/mol. The average molecular weight is 486 g/mol. The van der Waals surface area contributed by atoms with Gasteiger partial charge in [0.05, 0.1) is 29.8 Å². The number of hydrogen-bond donors (Lipinski definition) is 2. The van der Waals surface area contributed by atoms with Gasteiger partial charge in [0.1, 0.15) is 5.75 Å². The molecule has 2 N–H and O–H groups in total. The molecule has 3 aromatic carbocycles. The molecule has 0 spiro atoms. The lowest BCUT2D eigenvalue weighted by Crippen LogP contribution is -2.30. The van der Waals surface area contributed by atoms with Gasteiger partial charge >= 0.3 is 0 Å². The van der Waals surface area contributed by atoms with Crippen molar-refractivity contribution < 1.29 is 19.1 Å². The first-order chi connectivity index (χ1) is 17.5. The van der Waals surface area contributed by atoms with Gasteiger partial charge in [-0.05, 0) is 55.3 Å². The Morgan fingerprint density at radius 1 is 1.00 bits per heavy atom. The van der Waals surface area contributed by atoms with E-state index in [-0.39, 0.29) is 36.7 Å². The molecule has 3 aromatic rings. The normalized spacial score (nSPS) is 15.9. The van der Waals surface area contributed by atoms with Crippen LogP contribution < -0.4 is 20.3 Å². The van der Waals surface area contributed by atoms with E-state index in [9.17, 15) is 14.4 Å². The molecule has 7 heteroatoms. The van der Waals surface area contributed by atoms with Crippen molar-refractivity contribution in [3.05, 3.63) is 90.0 Å². The first kappa shape index (κ1) is 25.0. The maximum atomic E-state index is 13.1. The summed E-state index contributed by atoms with van der Waals surface area (Å²) in [6, 6.07) is 23.7. The zero-order valence-corrected chi connectivity index (χ0v) is 20.6. The predicted octanol–water partition coefficient (Wildman–Crippen LogP) is 4.96. The number of nitrogens with one attached hydrogen (secondary N) is 2. The highest BCUT2D eigenvalue weighted by atomic mass is 16.5. The summed E-state index contributed by atoms with van der Waals surface area (Å²) >= 11 is 0. The maximum absolute atomic E-state index is 13.1. The second-order valence-corrected chi connectivity index (χ2v) is 8.89. The van der Waals surface area contributed by atoms with Crippen molar-refractivity contribution in [1.82, 2.24) is 5.32 Å². The molecule has 4 rings (SSSR count). The molecule has 1 heterocycles. The fourth-order valence-corrected chi connectivity index (χ4v) is 4.20. The zero-order chi connectivity index (χ0) is 25.5. The molecule has 2 unspecified atom stereocenters. The molecule has 0 aromatic heterocycles. The van der Waals surface area contributed by atoms with Gasteiger partial charge in [-0.3, -0.25) is 14.4 Å². The number of benzene rings is 3. The van der Waals surface area contributed by atoms with Crippen molar-refractivity contribution in [2.45, 2.75) is 32.7 Å². The summed E-state index contributed by atoms with van der Waals surface area (Å²) in [5, 5.41) is 5.86. The molecule has 0 saturated carbocycles. The minimum Gasteiger partial charge on any atom is -0.494 e. The quantitative estimate of drug-likeness (QED) is 0.449. The van der Waals surface area contributed by atoms with E-state index in [1.807, 2.05) is 68.4 Å². The number of rotatable bonds is 9. The maximum Gasteiger partial charge on any atom is 0.253 e. The summed E-state index contributed by atoms with van der Waals surface area (Å²) in [4.78, 5) is 40.4. The zero-order valence-electron chi connectivity index (χ0n) is 20.6. The highest BCUT2D eigenvalue weighted by Crippen LogP contribution is 2.28. The van der Waals surface area contributed by atoms with Crippen molar-refractivity contribution in [1.29, 1.82) is 0 Å². The van der Waals surface area contributed by atoms with Crippen molar-refractivity contribution in [3.8, 4) is 5.75 Å². The Morgan fingerprint density at radius 3 is 2.42 bits per heavy atom. The molecule has 2 atom stereocenters. The standard InChI is InChI=1S/C29H31N3O4/c1-3-17-36-24-15-13-23(14-16-24)32-19-22(18-27(32)33)28(34)31-26-12-8-7-11-25(26)29(35)30-20(2)21-9-5-4-6-10-21/h4-16,20,22H,3,17-19H2,1-2H3,(H,30,35)(H,31,34). The Kier molecular flexibility index (Phi) is 8.00. The van der Waals surface area contributed by atoms with Crippen LogP contribution >= 0.6 is 0 Å². The van der Waals surface area contributed by atoms with Gasteiger partial charge in [0.15, 0.2) is 0 Å². The average Bonchev–Trinajstić information content (AvgIpc) is 3.30. The Balaban J connectivity index is 1.40. The summed E-state index contributed by atoms with van der Waals surface area (Å²) in [6.07, 6.45) is 1.03. The first-order valence-corrected chi connectivity index (χ1v) is 12.2. The van der Waals surface area contributed by atoms with Gasteiger partial charge in [-0.25, -0.2) is 0 Å². The third-order valence-corrected chi connectivity index (χ3v) is 6.19. The molecule has 1 aliphatic rings. The minimum atomic E-state index is -0.520. The van der Waals surface area contributed by atoms with Gasteiger partial charge in [0, 0.05) is 18.7 Å². The van der Waals surface area contributed by atoms with Crippen LogP contribution in [0.3, 0.4) is 0 Å². The van der Waals surface area contributed by atoms with E-state index >= 15 is 0 Å². The van der Waals surface area contributed by atoms with Crippen LogP contribution in [0.4, 0.5) is 11.4 Å². The third kappa shape index (κ3) is 5.92. The number of nitrogens with zero attached hydrogens (tertiary/aromatic N) is 1. The number of carbonyl (C=O) groups is 3. The SMILES string of the molecule is CCCOc1ccc(N2CC(C(=O)Nc3ccccc3C(=O)NC(C)c3ccccc3)CC2=O)cc1. The summed E-state index contributed by atoms with van der Waals surface area (Å²) < 4.78 is 5.60. The number of hydrogen-bond acceptors (Lipinski definition) is 4. The Labute approximate surface area is 211 Å². The Morgan fingerprint density at radius 2 is 1.69 bits per heavy atom. The van der Waals surface area contributed by atoms with Gasteiger partial charge in [-0.15, -0.1) is 0 Å². The Bertz CT molecular complexity index is 1210. The van der Waals surface area contributed by atoms with Gasteiger partial charge in [-0.1, -0.05) is 49.4 Å². The van der Waals surface area contributed by atoms with E-state index in [1.54, 1.807) is 29.2 Å². The number of carbonyl (C=O) groups excluding carboxylic acids is 3. The van der Waals surface area contributed by atoms with Crippen LogP contribution in [-0.4, -0.2) is 30.9 Å². The monoisotopic (exact) mass is 485 g/mol. The molecular weight excluding hydrogens is 454 g/mol. The largest absolute Gasteiger partial charge is 0.494 e. The van der Waals surface area contributed by atoms with Gasteiger partial charge in [0.25, 0.3) is 5.91 Å². The van der Waals surface area contributed by atoms with Crippen LogP contribution in [0.15, 0.2) is 78.9 Å². The molecule has 36 heavy (non-hydrogen) atoms. The number of para-hydroxylation sites is 1. The lowest BCUT2D eigenvalue weighted by molar-refractivity contribution is -0.122. The number of anilines is 2. The summed E-state index contributed by atoms with van der Waals surface area (Å²) in [7, 11) is 0. The highest BCUT2D eigenvalue weighted by Gasteiger charge is 2.35. The first-order valence-electron chi connectivity index (χ1n) is 12.2. The van der Waals surface area contributed by atoms with E-state index in [4.69, 9.17) is 4.74 Å². The minimum absolute atomic E-state index is 0.110. The van der Waals surface area contributed by atoms with Crippen molar-refractivity contribution in [2.75, 3.05) is 23.4 Å².